The van der Waals surface area contributed by atoms with Gasteiger partial charge in [-0.25, -0.2) is 4.79 Å². The molecule has 0 aromatic carbocycles. The zero-order valence-corrected chi connectivity index (χ0v) is 15.9. The van der Waals surface area contributed by atoms with E-state index in [-0.39, 0.29) is 6.04 Å². The highest BCUT2D eigenvalue weighted by Gasteiger charge is 2.25. The van der Waals surface area contributed by atoms with E-state index in [0.717, 1.165) is 54.2 Å². The average Bonchev–Trinajstić information content (AvgIpc) is 3.26. The van der Waals surface area contributed by atoms with Crippen LogP contribution in [0, 0.1) is 6.92 Å². The molecule has 7 heteroatoms. The van der Waals surface area contributed by atoms with Crippen molar-refractivity contribution in [2.45, 2.75) is 19.9 Å². The van der Waals surface area contributed by atoms with Crippen LogP contribution in [0.3, 0.4) is 0 Å². The maximum atomic E-state index is 11.9. The minimum Gasteiger partial charge on any atom is -0.478 e. The van der Waals surface area contributed by atoms with E-state index in [0.29, 0.717) is 5.56 Å². The Bertz CT molecular complexity index is 997. The number of piperazine rings is 1. The molecule has 3 aromatic rings. The van der Waals surface area contributed by atoms with E-state index in [2.05, 4.69) is 32.8 Å². The van der Waals surface area contributed by atoms with Gasteiger partial charge >= 0.3 is 5.97 Å². The van der Waals surface area contributed by atoms with Crippen LogP contribution >= 0.6 is 0 Å². The molecule has 0 aliphatic carbocycles. The standard InChI is InChI=1S/C20H25N5O2/c1-13-17(20(26)27)11-16-10-15(18-4-5-22-23(18)3)12-25(16)19(13)14(2)24-8-6-21-7-9-24/h4-5,10-12,14,21H,6-9H2,1-3H3,(H,26,27). The fraction of sp³-hybridized carbons (Fsp3) is 0.400. The third kappa shape index (κ3) is 3.02. The number of carboxylic acid groups (broad SMARTS) is 1. The summed E-state index contributed by atoms with van der Waals surface area (Å²) in [6.07, 6.45) is 3.87. The molecule has 1 atom stereocenters. The number of fused-ring (bicyclic) bond motifs is 1. The molecule has 0 bridgehead atoms. The van der Waals surface area contributed by atoms with Gasteiger partial charge in [-0.3, -0.25) is 9.58 Å². The summed E-state index contributed by atoms with van der Waals surface area (Å²) >= 11 is 0. The van der Waals surface area contributed by atoms with Gasteiger partial charge in [-0.05, 0) is 37.6 Å². The number of pyridine rings is 1. The number of aromatic nitrogens is 3. The maximum absolute atomic E-state index is 11.9. The topological polar surface area (TPSA) is 74.8 Å². The first-order valence-corrected chi connectivity index (χ1v) is 9.29. The van der Waals surface area contributed by atoms with Crippen molar-refractivity contribution in [3.05, 3.63) is 47.4 Å². The Hall–Kier alpha value is -2.64. The molecule has 1 unspecified atom stereocenters. The first-order chi connectivity index (χ1) is 13.0. The largest absolute Gasteiger partial charge is 0.478 e. The molecule has 0 radical (unpaired) electrons. The molecule has 142 valence electrons. The predicted molar refractivity (Wildman–Crippen MR) is 104 cm³/mol. The fourth-order valence-electron chi connectivity index (χ4n) is 4.15. The SMILES string of the molecule is Cc1c(C(=O)O)cc2cc(-c3ccnn3C)cn2c1C(C)N1CCNCC1. The maximum Gasteiger partial charge on any atom is 0.336 e. The molecule has 0 saturated carbocycles. The second-order valence-corrected chi connectivity index (χ2v) is 7.20. The number of nitrogens with zero attached hydrogens (tertiary/aromatic N) is 4. The van der Waals surface area contributed by atoms with E-state index in [9.17, 15) is 9.90 Å². The molecule has 2 N–H and O–H groups in total. The molecule has 1 aliphatic heterocycles. The lowest BCUT2D eigenvalue weighted by atomic mass is 10.0. The van der Waals surface area contributed by atoms with Crippen molar-refractivity contribution in [1.29, 1.82) is 0 Å². The summed E-state index contributed by atoms with van der Waals surface area (Å²) in [5.41, 5.74) is 5.17. The summed E-state index contributed by atoms with van der Waals surface area (Å²) in [4.78, 5) is 14.3. The van der Waals surface area contributed by atoms with Gasteiger partial charge in [0, 0.05) is 68.4 Å². The summed E-state index contributed by atoms with van der Waals surface area (Å²) in [6.45, 7) is 7.90. The monoisotopic (exact) mass is 367 g/mol. The van der Waals surface area contributed by atoms with Gasteiger partial charge in [0.25, 0.3) is 0 Å². The van der Waals surface area contributed by atoms with Crippen LogP contribution in [0.4, 0.5) is 0 Å². The lowest BCUT2D eigenvalue weighted by Crippen LogP contribution is -2.45. The molecule has 0 spiro atoms. The first-order valence-electron chi connectivity index (χ1n) is 9.29. The number of carbonyl (C=O) groups is 1. The van der Waals surface area contributed by atoms with Crippen LogP contribution in [-0.2, 0) is 7.05 Å². The van der Waals surface area contributed by atoms with Crippen molar-refractivity contribution < 1.29 is 9.90 Å². The summed E-state index contributed by atoms with van der Waals surface area (Å²) in [5.74, 6) is -0.882. The second-order valence-electron chi connectivity index (χ2n) is 7.20. The second kappa shape index (κ2) is 6.83. The Morgan fingerprint density at radius 3 is 2.67 bits per heavy atom. The zero-order valence-electron chi connectivity index (χ0n) is 15.9. The van der Waals surface area contributed by atoms with Gasteiger partial charge in [0.1, 0.15) is 0 Å². The van der Waals surface area contributed by atoms with E-state index in [4.69, 9.17) is 0 Å². The van der Waals surface area contributed by atoms with E-state index >= 15 is 0 Å². The molecule has 3 aromatic heterocycles. The van der Waals surface area contributed by atoms with Crippen LogP contribution in [0.25, 0.3) is 16.8 Å². The van der Waals surface area contributed by atoms with Crippen LogP contribution in [0.15, 0.2) is 30.6 Å². The Kier molecular flexibility index (Phi) is 4.49. The first kappa shape index (κ1) is 17.8. The third-order valence-corrected chi connectivity index (χ3v) is 5.63. The van der Waals surface area contributed by atoms with Gasteiger partial charge in [-0.1, -0.05) is 0 Å². The van der Waals surface area contributed by atoms with Gasteiger partial charge in [-0.2, -0.15) is 5.10 Å². The highest BCUT2D eigenvalue weighted by Crippen LogP contribution is 2.31. The van der Waals surface area contributed by atoms with E-state index in [1.54, 1.807) is 12.3 Å². The van der Waals surface area contributed by atoms with Crippen molar-refractivity contribution in [3.8, 4) is 11.3 Å². The van der Waals surface area contributed by atoms with Crippen LogP contribution in [0.1, 0.15) is 34.6 Å². The lowest BCUT2D eigenvalue weighted by Gasteiger charge is -2.34. The molecule has 1 aliphatic rings. The molecular weight excluding hydrogens is 342 g/mol. The van der Waals surface area contributed by atoms with E-state index < -0.39 is 5.97 Å². The average molecular weight is 367 g/mol. The third-order valence-electron chi connectivity index (χ3n) is 5.63. The van der Waals surface area contributed by atoms with Crippen LogP contribution < -0.4 is 5.32 Å². The van der Waals surface area contributed by atoms with Crippen LogP contribution in [0.5, 0.6) is 0 Å². The lowest BCUT2D eigenvalue weighted by molar-refractivity contribution is 0.0695. The summed E-state index contributed by atoms with van der Waals surface area (Å²) in [7, 11) is 1.91. The van der Waals surface area contributed by atoms with Crippen molar-refractivity contribution >= 4 is 11.5 Å². The van der Waals surface area contributed by atoms with Crippen molar-refractivity contribution in [3.63, 3.8) is 0 Å². The summed E-state index contributed by atoms with van der Waals surface area (Å²) < 4.78 is 3.98. The summed E-state index contributed by atoms with van der Waals surface area (Å²) in [5, 5.41) is 17.4. The number of aromatic carboxylic acids is 1. The summed E-state index contributed by atoms with van der Waals surface area (Å²) in [6, 6.07) is 5.90. The Labute approximate surface area is 158 Å². The Morgan fingerprint density at radius 1 is 1.30 bits per heavy atom. The smallest absolute Gasteiger partial charge is 0.336 e. The van der Waals surface area contributed by atoms with Gasteiger partial charge in [-0.15, -0.1) is 0 Å². The highest BCUT2D eigenvalue weighted by atomic mass is 16.4. The van der Waals surface area contributed by atoms with Crippen molar-refractivity contribution in [1.82, 2.24) is 24.4 Å². The number of aryl methyl sites for hydroxylation is 1. The van der Waals surface area contributed by atoms with Gasteiger partial charge in [0.15, 0.2) is 0 Å². The quantitative estimate of drug-likeness (QED) is 0.740. The van der Waals surface area contributed by atoms with Crippen molar-refractivity contribution in [2.75, 3.05) is 26.2 Å². The number of carboxylic acids is 1. The zero-order chi connectivity index (χ0) is 19.1. The molecule has 4 heterocycles. The van der Waals surface area contributed by atoms with Crippen LogP contribution in [-0.4, -0.2) is 56.3 Å². The fourth-order valence-corrected chi connectivity index (χ4v) is 4.15. The van der Waals surface area contributed by atoms with Gasteiger partial charge < -0.3 is 14.8 Å². The minimum absolute atomic E-state index is 0.126. The molecule has 1 saturated heterocycles. The Morgan fingerprint density at radius 2 is 2.04 bits per heavy atom. The van der Waals surface area contributed by atoms with Crippen molar-refractivity contribution in [2.24, 2.45) is 7.05 Å². The number of rotatable bonds is 4. The molecule has 7 nitrogen and oxygen atoms in total. The number of hydrogen-bond acceptors (Lipinski definition) is 4. The number of hydrogen-bond donors (Lipinski definition) is 2. The van der Waals surface area contributed by atoms with Crippen LogP contribution in [0.2, 0.25) is 0 Å². The van der Waals surface area contributed by atoms with E-state index in [1.165, 1.54) is 0 Å². The molecule has 0 amide bonds. The minimum atomic E-state index is -0.882. The highest BCUT2D eigenvalue weighted by molar-refractivity contribution is 5.91. The molecule has 27 heavy (non-hydrogen) atoms. The normalized spacial score (nSPS) is 16.7. The molecule has 1 fully saturated rings. The molecular formula is C20H25N5O2. The van der Waals surface area contributed by atoms with Gasteiger partial charge in [0.05, 0.1) is 11.3 Å². The number of nitrogens with one attached hydrogen (secondary N) is 1. The predicted octanol–water partition coefficient (Wildman–Crippen LogP) is 2.31. The Balaban J connectivity index is 1.91. The molecule has 4 rings (SSSR count). The van der Waals surface area contributed by atoms with E-state index in [1.807, 2.05) is 30.8 Å². The van der Waals surface area contributed by atoms with Gasteiger partial charge in [0.2, 0.25) is 0 Å².